The zero-order valence-electron chi connectivity index (χ0n) is 18.5. The van der Waals surface area contributed by atoms with E-state index in [4.69, 9.17) is 20.4 Å². The fourth-order valence-corrected chi connectivity index (χ4v) is 3.69. The van der Waals surface area contributed by atoms with E-state index < -0.39 is 0 Å². The Morgan fingerprint density at radius 2 is 1.82 bits per heavy atom. The maximum Gasteiger partial charge on any atom is 0.248 e. The van der Waals surface area contributed by atoms with Gasteiger partial charge in [-0.25, -0.2) is 4.98 Å². The van der Waals surface area contributed by atoms with Crippen LogP contribution in [0.25, 0.3) is 40.1 Å². The van der Waals surface area contributed by atoms with Gasteiger partial charge in [-0.15, -0.1) is 0 Å². The van der Waals surface area contributed by atoms with Crippen LogP contribution in [0.4, 0.5) is 5.69 Å². The number of halogens is 1. The molecule has 0 bridgehead atoms. The highest BCUT2D eigenvalue weighted by atomic mass is 35.5. The van der Waals surface area contributed by atoms with Crippen LogP contribution in [0.1, 0.15) is 16.9 Å². The molecule has 5 rings (SSSR count). The maximum atomic E-state index is 12.5. The number of hydrogen-bond donors (Lipinski definition) is 1. The van der Waals surface area contributed by atoms with Gasteiger partial charge in [0, 0.05) is 34.1 Å². The number of nitrogens with one attached hydrogen (secondary N) is 1. The Kier molecular flexibility index (Phi) is 5.74. The van der Waals surface area contributed by atoms with Crippen molar-refractivity contribution in [3.8, 4) is 22.8 Å². The van der Waals surface area contributed by atoms with Crippen molar-refractivity contribution in [3.63, 3.8) is 0 Å². The number of nitrogens with zero attached hydrogens (tertiary/aromatic N) is 2. The SMILES string of the molecule is Cc1ccc(-c2ccc(C=CC(=O)Nc3ccc(-c4nc5ncccc5o4)cc3C)o2)cc1Cl. The molecule has 7 heteroatoms. The van der Waals surface area contributed by atoms with E-state index in [-0.39, 0.29) is 5.91 Å². The Balaban J connectivity index is 1.27. The molecule has 34 heavy (non-hydrogen) atoms. The number of carbonyl (C=O) groups is 1. The Morgan fingerprint density at radius 1 is 0.971 bits per heavy atom. The summed E-state index contributed by atoms with van der Waals surface area (Å²) in [6.07, 6.45) is 4.74. The van der Waals surface area contributed by atoms with Gasteiger partial charge in [0.05, 0.1) is 0 Å². The second kappa shape index (κ2) is 9.00. The number of furan rings is 1. The second-order valence-corrected chi connectivity index (χ2v) is 8.27. The number of carbonyl (C=O) groups excluding carboxylic acids is 1. The molecule has 0 aliphatic rings. The number of oxazole rings is 1. The first-order chi connectivity index (χ1) is 16.5. The van der Waals surface area contributed by atoms with E-state index in [1.54, 1.807) is 18.3 Å². The van der Waals surface area contributed by atoms with Crippen LogP contribution < -0.4 is 5.32 Å². The first kappa shape index (κ1) is 21.7. The molecule has 0 aliphatic carbocycles. The van der Waals surface area contributed by atoms with Gasteiger partial charge in [-0.05, 0) is 79.6 Å². The molecule has 2 aromatic carbocycles. The van der Waals surface area contributed by atoms with Crippen molar-refractivity contribution in [2.24, 2.45) is 0 Å². The van der Waals surface area contributed by atoms with E-state index in [9.17, 15) is 4.79 Å². The third kappa shape index (κ3) is 4.49. The minimum Gasteiger partial charge on any atom is -0.457 e. The van der Waals surface area contributed by atoms with Crippen LogP contribution in [0.3, 0.4) is 0 Å². The molecule has 5 aromatic rings. The topological polar surface area (TPSA) is 81.2 Å². The Bertz CT molecular complexity index is 1520. The van der Waals surface area contributed by atoms with E-state index in [1.165, 1.54) is 6.08 Å². The van der Waals surface area contributed by atoms with Crippen molar-refractivity contribution < 1.29 is 13.6 Å². The summed E-state index contributed by atoms with van der Waals surface area (Å²) in [5.41, 5.74) is 5.46. The number of anilines is 1. The molecule has 3 aromatic heterocycles. The summed E-state index contributed by atoms with van der Waals surface area (Å²) in [7, 11) is 0. The first-order valence-electron chi connectivity index (χ1n) is 10.6. The van der Waals surface area contributed by atoms with Crippen molar-refractivity contribution >= 4 is 40.5 Å². The van der Waals surface area contributed by atoms with Crippen LogP contribution in [0.5, 0.6) is 0 Å². The highest BCUT2D eigenvalue weighted by molar-refractivity contribution is 6.31. The first-order valence-corrected chi connectivity index (χ1v) is 11.0. The van der Waals surface area contributed by atoms with Gasteiger partial charge >= 0.3 is 0 Å². The summed E-state index contributed by atoms with van der Waals surface area (Å²) in [6.45, 7) is 3.86. The number of hydrogen-bond acceptors (Lipinski definition) is 5. The summed E-state index contributed by atoms with van der Waals surface area (Å²) in [5, 5.41) is 3.57. The van der Waals surface area contributed by atoms with Crippen molar-refractivity contribution in [2.45, 2.75) is 13.8 Å². The molecule has 6 nitrogen and oxygen atoms in total. The fraction of sp³-hybridized carbons (Fsp3) is 0.0741. The van der Waals surface area contributed by atoms with Gasteiger partial charge < -0.3 is 14.2 Å². The zero-order chi connectivity index (χ0) is 23.7. The lowest BCUT2D eigenvalue weighted by atomic mass is 10.1. The molecule has 0 unspecified atom stereocenters. The van der Waals surface area contributed by atoms with Crippen molar-refractivity contribution in [1.29, 1.82) is 0 Å². The van der Waals surface area contributed by atoms with E-state index in [0.717, 1.165) is 22.3 Å². The van der Waals surface area contributed by atoms with Gasteiger partial charge in [-0.2, -0.15) is 4.98 Å². The highest BCUT2D eigenvalue weighted by Crippen LogP contribution is 2.28. The Labute approximate surface area is 200 Å². The van der Waals surface area contributed by atoms with Crippen LogP contribution in [-0.2, 0) is 4.79 Å². The summed E-state index contributed by atoms with van der Waals surface area (Å²) in [4.78, 5) is 21.1. The lowest BCUT2D eigenvalue weighted by molar-refractivity contribution is -0.111. The average molecular weight is 470 g/mol. The molecule has 0 radical (unpaired) electrons. The number of rotatable bonds is 5. The lowest BCUT2D eigenvalue weighted by Crippen LogP contribution is -2.08. The predicted molar refractivity (Wildman–Crippen MR) is 134 cm³/mol. The van der Waals surface area contributed by atoms with Crippen LogP contribution in [0.15, 0.2) is 81.8 Å². The molecule has 0 saturated heterocycles. The maximum absolute atomic E-state index is 12.5. The van der Waals surface area contributed by atoms with E-state index in [0.29, 0.717) is 39.4 Å². The monoisotopic (exact) mass is 469 g/mol. The summed E-state index contributed by atoms with van der Waals surface area (Å²) < 4.78 is 11.6. The molecule has 0 saturated carbocycles. The quantitative estimate of drug-likeness (QED) is 0.278. The van der Waals surface area contributed by atoms with E-state index >= 15 is 0 Å². The minimum atomic E-state index is -0.266. The molecule has 0 aliphatic heterocycles. The third-order valence-electron chi connectivity index (χ3n) is 5.38. The molecule has 1 amide bonds. The highest BCUT2D eigenvalue weighted by Gasteiger charge is 2.11. The molecule has 168 valence electrons. The van der Waals surface area contributed by atoms with Crippen LogP contribution in [-0.4, -0.2) is 15.9 Å². The molecular formula is C27H20ClN3O3. The Morgan fingerprint density at radius 3 is 2.62 bits per heavy atom. The van der Waals surface area contributed by atoms with Gasteiger partial charge in [-0.1, -0.05) is 23.7 Å². The minimum absolute atomic E-state index is 0.266. The number of benzene rings is 2. The van der Waals surface area contributed by atoms with Gasteiger partial charge in [0.2, 0.25) is 11.8 Å². The van der Waals surface area contributed by atoms with Gasteiger partial charge in [0.1, 0.15) is 11.5 Å². The predicted octanol–water partition coefficient (Wildman–Crippen LogP) is 7.07. The van der Waals surface area contributed by atoms with Crippen LogP contribution >= 0.6 is 11.6 Å². The zero-order valence-corrected chi connectivity index (χ0v) is 19.3. The number of pyridine rings is 1. The average Bonchev–Trinajstić information content (AvgIpc) is 3.48. The number of amides is 1. The summed E-state index contributed by atoms with van der Waals surface area (Å²) in [5.74, 6) is 1.47. The van der Waals surface area contributed by atoms with Crippen molar-refractivity contribution in [2.75, 3.05) is 5.32 Å². The normalized spacial score (nSPS) is 11.4. The van der Waals surface area contributed by atoms with Crippen molar-refractivity contribution in [3.05, 3.63) is 94.8 Å². The number of aryl methyl sites for hydroxylation is 2. The standard InChI is InChI=1S/C27H20ClN3O3/c1-16-5-6-18(15-21(16)28)23-11-8-20(33-23)9-12-25(32)30-22-10-7-19(14-17(22)2)27-31-26-24(34-27)4-3-13-29-26/h3-15H,1-2H3,(H,30,32). The van der Waals surface area contributed by atoms with Crippen LogP contribution in [0.2, 0.25) is 5.02 Å². The lowest BCUT2D eigenvalue weighted by Gasteiger charge is -2.07. The van der Waals surface area contributed by atoms with Crippen molar-refractivity contribution in [1.82, 2.24) is 9.97 Å². The summed E-state index contributed by atoms with van der Waals surface area (Å²) >= 11 is 6.21. The molecule has 1 N–H and O–H groups in total. The fourth-order valence-electron chi connectivity index (χ4n) is 3.51. The molecular weight excluding hydrogens is 450 g/mol. The molecule has 0 atom stereocenters. The van der Waals surface area contributed by atoms with Gasteiger partial charge in [-0.3, -0.25) is 4.79 Å². The molecule has 0 fully saturated rings. The summed E-state index contributed by atoms with van der Waals surface area (Å²) in [6, 6.07) is 18.6. The largest absolute Gasteiger partial charge is 0.457 e. The van der Waals surface area contributed by atoms with Gasteiger partial charge in [0.15, 0.2) is 11.2 Å². The number of fused-ring (bicyclic) bond motifs is 1. The van der Waals surface area contributed by atoms with Crippen LogP contribution in [0, 0.1) is 13.8 Å². The molecule has 0 spiro atoms. The third-order valence-corrected chi connectivity index (χ3v) is 5.79. The van der Waals surface area contributed by atoms with E-state index in [1.807, 2.05) is 68.4 Å². The smallest absolute Gasteiger partial charge is 0.248 e. The van der Waals surface area contributed by atoms with E-state index in [2.05, 4.69) is 15.3 Å². The Hall–Kier alpha value is -4.16. The molecule has 3 heterocycles. The van der Waals surface area contributed by atoms with Gasteiger partial charge in [0.25, 0.3) is 0 Å². The second-order valence-electron chi connectivity index (χ2n) is 7.86. The number of aromatic nitrogens is 2.